The third-order valence-corrected chi connectivity index (χ3v) is 2.68. The molecule has 1 aromatic rings. The molecule has 0 N–H and O–H groups in total. The molecule has 1 aromatic carbocycles. The van der Waals surface area contributed by atoms with Gasteiger partial charge in [-0.25, -0.2) is 0 Å². The maximum absolute atomic E-state index is 12.1. The quantitative estimate of drug-likeness (QED) is 0.761. The van der Waals surface area contributed by atoms with Gasteiger partial charge in [-0.3, -0.25) is 4.79 Å². The van der Waals surface area contributed by atoms with E-state index >= 15 is 0 Å². The lowest BCUT2D eigenvalue weighted by atomic mass is 10.0. The SMILES string of the molecule is Cc1cccc(C(=O)N(C)C(C)(C)C#N)c1. The summed E-state index contributed by atoms with van der Waals surface area (Å²) in [7, 11) is 1.65. The van der Waals surface area contributed by atoms with Crippen LogP contribution in [0, 0.1) is 18.3 Å². The van der Waals surface area contributed by atoms with Gasteiger partial charge >= 0.3 is 0 Å². The molecule has 0 saturated heterocycles. The van der Waals surface area contributed by atoms with Crippen LogP contribution >= 0.6 is 0 Å². The second kappa shape index (κ2) is 4.36. The van der Waals surface area contributed by atoms with Gasteiger partial charge in [0.05, 0.1) is 6.07 Å². The van der Waals surface area contributed by atoms with Crippen molar-refractivity contribution in [1.82, 2.24) is 4.90 Å². The number of carbonyl (C=O) groups is 1. The minimum absolute atomic E-state index is 0.129. The van der Waals surface area contributed by atoms with Crippen molar-refractivity contribution in [1.29, 1.82) is 5.26 Å². The van der Waals surface area contributed by atoms with Gasteiger partial charge in [-0.1, -0.05) is 17.7 Å². The van der Waals surface area contributed by atoms with E-state index in [1.807, 2.05) is 25.1 Å². The Morgan fingerprint density at radius 3 is 2.56 bits per heavy atom. The standard InChI is InChI=1S/C13H16N2O/c1-10-6-5-7-11(8-10)12(16)15(4)13(2,3)9-14/h5-8H,1-4H3. The second-order valence-corrected chi connectivity index (χ2v) is 4.40. The highest BCUT2D eigenvalue weighted by molar-refractivity contribution is 5.94. The van der Waals surface area contributed by atoms with Gasteiger partial charge in [0.15, 0.2) is 0 Å². The number of benzene rings is 1. The maximum atomic E-state index is 12.1. The van der Waals surface area contributed by atoms with E-state index in [1.165, 1.54) is 4.90 Å². The van der Waals surface area contributed by atoms with E-state index < -0.39 is 5.54 Å². The molecule has 0 aliphatic rings. The van der Waals surface area contributed by atoms with Crippen molar-refractivity contribution in [2.24, 2.45) is 0 Å². The van der Waals surface area contributed by atoms with Gasteiger partial charge in [0.1, 0.15) is 5.54 Å². The number of hydrogen-bond acceptors (Lipinski definition) is 2. The van der Waals surface area contributed by atoms with Crippen LogP contribution in [0.3, 0.4) is 0 Å². The number of carbonyl (C=O) groups excluding carboxylic acids is 1. The predicted octanol–water partition coefficient (Wildman–Crippen LogP) is 2.37. The Balaban J connectivity index is 3.00. The molecule has 0 unspecified atom stereocenters. The number of nitrogens with zero attached hydrogens (tertiary/aromatic N) is 2. The molecule has 0 spiro atoms. The first-order valence-corrected chi connectivity index (χ1v) is 5.14. The van der Waals surface area contributed by atoms with E-state index in [2.05, 4.69) is 6.07 Å². The predicted molar refractivity (Wildman–Crippen MR) is 63.0 cm³/mol. The zero-order chi connectivity index (χ0) is 12.3. The molecule has 0 aliphatic carbocycles. The molecule has 0 aromatic heterocycles. The summed E-state index contributed by atoms with van der Waals surface area (Å²) in [6.07, 6.45) is 0. The average molecular weight is 216 g/mol. The van der Waals surface area contributed by atoms with Crippen LogP contribution in [-0.4, -0.2) is 23.4 Å². The number of aryl methyl sites for hydroxylation is 1. The fourth-order valence-corrected chi connectivity index (χ4v) is 1.30. The second-order valence-electron chi connectivity index (χ2n) is 4.40. The molecule has 0 heterocycles. The molecule has 0 atom stereocenters. The Kier molecular flexibility index (Phi) is 3.34. The van der Waals surface area contributed by atoms with E-state index in [9.17, 15) is 4.79 Å². The van der Waals surface area contributed by atoms with Crippen molar-refractivity contribution < 1.29 is 4.79 Å². The highest BCUT2D eigenvalue weighted by atomic mass is 16.2. The minimum Gasteiger partial charge on any atom is -0.324 e. The van der Waals surface area contributed by atoms with Crippen LogP contribution < -0.4 is 0 Å². The zero-order valence-corrected chi connectivity index (χ0v) is 10.1. The van der Waals surface area contributed by atoms with Gasteiger partial charge in [0, 0.05) is 12.6 Å². The van der Waals surface area contributed by atoms with Crippen molar-refractivity contribution in [2.45, 2.75) is 26.3 Å². The summed E-state index contributed by atoms with van der Waals surface area (Å²) < 4.78 is 0. The summed E-state index contributed by atoms with van der Waals surface area (Å²) in [6.45, 7) is 5.38. The van der Waals surface area contributed by atoms with Crippen LogP contribution in [0.25, 0.3) is 0 Å². The maximum Gasteiger partial charge on any atom is 0.254 e. The number of hydrogen-bond donors (Lipinski definition) is 0. The monoisotopic (exact) mass is 216 g/mol. The van der Waals surface area contributed by atoms with Crippen molar-refractivity contribution in [2.75, 3.05) is 7.05 Å². The molecule has 1 amide bonds. The smallest absolute Gasteiger partial charge is 0.254 e. The summed E-state index contributed by atoms with van der Waals surface area (Å²) in [5, 5.41) is 8.97. The Labute approximate surface area is 96.3 Å². The largest absolute Gasteiger partial charge is 0.324 e. The lowest BCUT2D eigenvalue weighted by Gasteiger charge is -2.29. The molecule has 0 fully saturated rings. The summed E-state index contributed by atoms with van der Waals surface area (Å²) in [5.41, 5.74) is 0.862. The van der Waals surface area contributed by atoms with E-state index in [0.29, 0.717) is 5.56 Å². The number of rotatable bonds is 2. The first-order chi connectivity index (χ1) is 7.38. The Morgan fingerprint density at radius 2 is 2.06 bits per heavy atom. The van der Waals surface area contributed by atoms with Gasteiger partial charge in [0.25, 0.3) is 5.91 Å². The fraction of sp³-hybridized carbons (Fsp3) is 0.385. The third kappa shape index (κ3) is 2.40. The molecule has 1 rings (SSSR count). The van der Waals surface area contributed by atoms with Crippen LogP contribution in [0.5, 0.6) is 0 Å². The molecule has 0 aliphatic heterocycles. The lowest BCUT2D eigenvalue weighted by molar-refractivity contribution is 0.0698. The lowest BCUT2D eigenvalue weighted by Crippen LogP contribution is -2.43. The molecule has 0 bridgehead atoms. The molecule has 16 heavy (non-hydrogen) atoms. The Bertz CT molecular complexity index is 443. The number of amides is 1. The Morgan fingerprint density at radius 1 is 1.44 bits per heavy atom. The van der Waals surface area contributed by atoms with Crippen molar-refractivity contribution in [3.05, 3.63) is 35.4 Å². The zero-order valence-electron chi connectivity index (χ0n) is 10.1. The molecule has 3 heteroatoms. The minimum atomic E-state index is -0.791. The van der Waals surface area contributed by atoms with E-state index in [1.54, 1.807) is 27.0 Å². The van der Waals surface area contributed by atoms with Gasteiger partial charge in [0.2, 0.25) is 0 Å². The van der Waals surface area contributed by atoms with Crippen molar-refractivity contribution in [3.63, 3.8) is 0 Å². The first-order valence-electron chi connectivity index (χ1n) is 5.14. The van der Waals surface area contributed by atoms with Crippen molar-refractivity contribution in [3.8, 4) is 6.07 Å². The molecule has 3 nitrogen and oxygen atoms in total. The normalized spacial score (nSPS) is 10.7. The van der Waals surface area contributed by atoms with Gasteiger partial charge in [-0.05, 0) is 32.9 Å². The van der Waals surface area contributed by atoms with Gasteiger partial charge in [-0.2, -0.15) is 5.26 Å². The summed E-state index contributed by atoms with van der Waals surface area (Å²) in [6, 6.07) is 9.48. The van der Waals surface area contributed by atoms with Gasteiger partial charge < -0.3 is 4.90 Å². The third-order valence-electron chi connectivity index (χ3n) is 2.68. The highest BCUT2D eigenvalue weighted by Crippen LogP contribution is 2.15. The Hall–Kier alpha value is -1.82. The molecule has 0 radical (unpaired) electrons. The fourth-order valence-electron chi connectivity index (χ4n) is 1.30. The summed E-state index contributed by atoms with van der Waals surface area (Å²) >= 11 is 0. The summed E-state index contributed by atoms with van der Waals surface area (Å²) in [5.74, 6) is -0.129. The van der Waals surface area contributed by atoms with Crippen LogP contribution in [0.1, 0.15) is 29.8 Å². The molecular formula is C13H16N2O. The van der Waals surface area contributed by atoms with Gasteiger partial charge in [-0.15, -0.1) is 0 Å². The molecule has 0 saturated carbocycles. The number of nitriles is 1. The highest BCUT2D eigenvalue weighted by Gasteiger charge is 2.27. The molecular weight excluding hydrogens is 200 g/mol. The van der Waals surface area contributed by atoms with E-state index in [0.717, 1.165) is 5.56 Å². The first kappa shape index (κ1) is 12.3. The van der Waals surface area contributed by atoms with E-state index in [-0.39, 0.29) is 5.91 Å². The van der Waals surface area contributed by atoms with Crippen molar-refractivity contribution >= 4 is 5.91 Å². The van der Waals surface area contributed by atoms with Crippen LogP contribution in [-0.2, 0) is 0 Å². The summed E-state index contributed by atoms with van der Waals surface area (Å²) in [4.78, 5) is 13.5. The van der Waals surface area contributed by atoms with Crippen LogP contribution in [0.2, 0.25) is 0 Å². The van der Waals surface area contributed by atoms with Crippen LogP contribution in [0.4, 0.5) is 0 Å². The topological polar surface area (TPSA) is 44.1 Å². The molecule has 84 valence electrons. The van der Waals surface area contributed by atoms with E-state index in [4.69, 9.17) is 5.26 Å². The average Bonchev–Trinajstić information content (AvgIpc) is 2.27. The van der Waals surface area contributed by atoms with Crippen LogP contribution in [0.15, 0.2) is 24.3 Å².